The predicted molar refractivity (Wildman–Crippen MR) is 73.8 cm³/mol. The molecule has 1 heterocycles. The lowest BCUT2D eigenvalue weighted by molar-refractivity contribution is 0.0316. The first-order valence-electron chi connectivity index (χ1n) is 7.20. The summed E-state index contributed by atoms with van der Waals surface area (Å²) in [4.78, 5) is 0. The van der Waals surface area contributed by atoms with Crippen LogP contribution >= 0.6 is 0 Å². The van der Waals surface area contributed by atoms with E-state index in [1.807, 2.05) is 0 Å². The molecule has 2 heteroatoms. The molecule has 18 heavy (non-hydrogen) atoms. The summed E-state index contributed by atoms with van der Waals surface area (Å²) in [6.45, 7) is 3.98. The third kappa shape index (κ3) is 3.12. The van der Waals surface area contributed by atoms with E-state index in [2.05, 4.69) is 36.5 Å². The van der Waals surface area contributed by atoms with Crippen molar-refractivity contribution in [3.63, 3.8) is 0 Å². The van der Waals surface area contributed by atoms with Gasteiger partial charge in [0.05, 0.1) is 6.61 Å². The van der Waals surface area contributed by atoms with E-state index in [0.29, 0.717) is 12.0 Å². The molecule has 2 fully saturated rings. The lowest BCUT2D eigenvalue weighted by Crippen LogP contribution is -2.44. The Kier molecular flexibility index (Phi) is 3.67. The van der Waals surface area contributed by atoms with E-state index in [1.54, 1.807) is 0 Å². The summed E-state index contributed by atoms with van der Waals surface area (Å²) in [6.07, 6.45) is 5.06. The maximum Gasteiger partial charge on any atom is 0.0512 e. The molecule has 0 amide bonds. The number of hydrogen-bond donors (Lipinski definition) is 1. The number of benzene rings is 1. The topological polar surface area (TPSA) is 21.3 Å². The molecule has 0 bridgehead atoms. The van der Waals surface area contributed by atoms with Gasteiger partial charge in [-0.05, 0) is 38.2 Å². The van der Waals surface area contributed by atoms with Gasteiger partial charge in [-0.25, -0.2) is 0 Å². The molecule has 0 aromatic heterocycles. The largest absolute Gasteiger partial charge is 0.381 e. The van der Waals surface area contributed by atoms with Crippen molar-refractivity contribution in [2.75, 3.05) is 13.2 Å². The van der Waals surface area contributed by atoms with E-state index in [1.165, 1.54) is 30.4 Å². The summed E-state index contributed by atoms with van der Waals surface area (Å²) >= 11 is 0. The van der Waals surface area contributed by atoms with Crippen molar-refractivity contribution in [2.24, 2.45) is 5.92 Å². The van der Waals surface area contributed by atoms with Gasteiger partial charge in [-0.1, -0.05) is 29.8 Å². The fourth-order valence-corrected chi connectivity index (χ4v) is 2.80. The SMILES string of the molecule is Cc1ccc(C[C@H]2COCC[C@@H]2NC2CC2)cc1. The Morgan fingerprint density at radius 3 is 2.67 bits per heavy atom. The summed E-state index contributed by atoms with van der Waals surface area (Å²) in [5.74, 6) is 0.641. The second-order valence-electron chi connectivity index (χ2n) is 5.86. The Morgan fingerprint density at radius 2 is 1.94 bits per heavy atom. The van der Waals surface area contributed by atoms with Gasteiger partial charge in [0.2, 0.25) is 0 Å². The van der Waals surface area contributed by atoms with Crippen molar-refractivity contribution < 1.29 is 4.74 Å². The number of hydrogen-bond acceptors (Lipinski definition) is 2. The Bertz CT molecular complexity index is 383. The average Bonchev–Trinajstić information content (AvgIpc) is 3.18. The Balaban J connectivity index is 1.62. The first-order valence-corrected chi connectivity index (χ1v) is 7.20. The molecule has 2 nitrogen and oxygen atoms in total. The molecule has 1 aliphatic carbocycles. The highest BCUT2D eigenvalue weighted by atomic mass is 16.5. The zero-order valence-electron chi connectivity index (χ0n) is 11.2. The van der Waals surface area contributed by atoms with Crippen LogP contribution in [0.3, 0.4) is 0 Å². The number of nitrogens with one attached hydrogen (secondary N) is 1. The molecule has 0 radical (unpaired) electrons. The van der Waals surface area contributed by atoms with Crippen LogP contribution in [0.5, 0.6) is 0 Å². The van der Waals surface area contributed by atoms with Crippen LogP contribution in [0.15, 0.2) is 24.3 Å². The Hall–Kier alpha value is -0.860. The van der Waals surface area contributed by atoms with Crippen LogP contribution in [0.4, 0.5) is 0 Å². The molecule has 3 rings (SSSR count). The molecule has 0 spiro atoms. The monoisotopic (exact) mass is 245 g/mol. The molecule has 1 aromatic carbocycles. The van der Waals surface area contributed by atoms with E-state index in [0.717, 1.165) is 25.7 Å². The van der Waals surface area contributed by atoms with Crippen molar-refractivity contribution in [1.82, 2.24) is 5.32 Å². The van der Waals surface area contributed by atoms with Crippen molar-refractivity contribution in [1.29, 1.82) is 0 Å². The summed E-state index contributed by atoms with van der Waals surface area (Å²) in [6, 6.07) is 10.4. The minimum absolute atomic E-state index is 0.641. The van der Waals surface area contributed by atoms with Gasteiger partial charge in [0.15, 0.2) is 0 Å². The fraction of sp³-hybridized carbons (Fsp3) is 0.625. The van der Waals surface area contributed by atoms with E-state index >= 15 is 0 Å². The highest BCUT2D eigenvalue weighted by molar-refractivity contribution is 5.22. The number of aryl methyl sites for hydroxylation is 1. The molecule has 1 aliphatic heterocycles. The van der Waals surface area contributed by atoms with Gasteiger partial charge >= 0.3 is 0 Å². The standard InChI is InChI=1S/C16H23NO/c1-12-2-4-13(5-3-12)10-14-11-18-9-8-16(14)17-15-6-7-15/h2-5,14-17H,6-11H2,1H3/t14-,16-/m0/s1. The molecule has 98 valence electrons. The normalized spacial score (nSPS) is 28.3. The first kappa shape index (κ1) is 12.2. The van der Waals surface area contributed by atoms with Crippen LogP contribution in [0.25, 0.3) is 0 Å². The van der Waals surface area contributed by atoms with Gasteiger partial charge in [-0.15, -0.1) is 0 Å². The summed E-state index contributed by atoms with van der Waals surface area (Å²) in [5, 5.41) is 3.79. The number of rotatable bonds is 4. The van der Waals surface area contributed by atoms with Gasteiger partial charge in [0, 0.05) is 24.6 Å². The third-order valence-corrected chi connectivity index (χ3v) is 4.12. The summed E-state index contributed by atoms with van der Waals surface area (Å²) < 4.78 is 5.67. The van der Waals surface area contributed by atoms with Gasteiger partial charge < -0.3 is 10.1 Å². The van der Waals surface area contributed by atoms with Gasteiger partial charge in [0.1, 0.15) is 0 Å². The van der Waals surface area contributed by atoms with Crippen molar-refractivity contribution in [2.45, 2.75) is 44.7 Å². The van der Waals surface area contributed by atoms with Crippen molar-refractivity contribution in [3.05, 3.63) is 35.4 Å². The van der Waals surface area contributed by atoms with Crippen LogP contribution in [0.2, 0.25) is 0 Å². The fourth-order valence-electron chi connectivity index (χ4n) is 2.80. The first-order chi connectivity index (χ1) is 8.81. The van der Waals surface area contributed by atoms with Crippen LogP contribution < -0.4 is 5.32 Å². The smallest absolute Gasteiger partial charge is 0.0512 e. The van der Waals surface area contributed by atoms with Crippen molar-refractivity contribution >= 4 is 0 Å². The average molecular weight is 245 g/mol. The zero-order valence-corrected chi connectivity index (χ0v) is 11.2. The second kappa shape index (κ2) is 5.41. The maximum absolute atomic E-state index is 5.67. The second-order valence-corrected chi connectivity index (χ2v) is 5.86. The van der Waals surface area contributed by atoms with E-state index < -0.39 is 0 Å². The maximum atomic E-state index is 5.67. The molecule has 1 aromatic rings. The quantitative estimate of drug-likeness (QED) is 0.880. The zero-order chi connectivity index (χ0) is 12.4. The van der Waals surface area contributed by atoms with E-state index in [-0.39, 0.29) is 0 Å². The molecule has 0 unspecified atom stereocenters. The molecule has 2 atom stereocenters. The van der Waals surface area contributed by atoms with Gasteiger partial charge in [-0.3, -0.25) is 0 Å². The van der Waals surface area contributed by atoms with E-state index in [4.69, 9.17) is 4.74 Å². The van der Waals surface area contributed by atoms with Crippen LogP contribution in [0.1, 0.15) is 30.4 Å². The lowest BCUT2D eigenvalue weighted by atomic mass is 9.89. The van der Waals surface area contributed by atoms with Gasteiger partial charge in [-0.2, -0.15) is 0 Å². The van der Waals surface area contributed by atoms with Crippen molar-refractivity contribution in [3.8, 4) is 0 Å². The molecular weight excluding hydrogens is 222 g/mol. The molecule has 1 N–H and O–H groups in total. The molecule has 1 saturated heterocycles. The number of ether oxygens (including phenoxy) is 1. The Morgan fingerprint density at radius 1 is 1.17 bits per heavy atom. The summed E-state index contributed by atoms with van der Waals surface area (Å²) in [5.41, 5.74) is 2.78. The Labute approximate surface area is 110 Å². The van der Waals surface area contributed by atoms with Crippen LogP contribution in [-0.4, -0.2) is 25.3 Å². The lowest BCUT2D eigenvalue weighted by Gasteiger charge is -2.32. The van der Waals surface area contributed by atoms with Crippen LogP contribution in [-0.2, 0) is 11.2 Å². The third-order valence-electron chi connectivity index (χ3n) is 4.12. The minimum atomic E-state index is 0.641. The minimum Gasteiger partial charge on any atom is -0.381 e. The highest BCUT2D eigenvalue weighted by Gasteiger charge is 2.31. The van der Waals surface area contributed by atoms with Crippen LogP contribution in [0, 0.1) is 12.8 Å². The predicted octanol–water partition coefficient (Wildman–Crippen LogP) is 2.69. The molecular formula is C16H23NO. The van der Waals surface area contributed by atoms with E-state index in [9.17, 15) is 0 Å². The molecule has 1 saturated carbocycles. The molecule has 2 aliphatic rings. The van der Waals surface area contributed by atoms with Gasteiger partial charge in [0.25, 0.3) is 0 Å². The summed E-state index contributed by atoms with van der Waals surface area (Å²) in [7, 11) is 0. The highest BCUT2D eigenvalue weighted by Crippen LogP contribution is 2.26.